The largest absolute Gasteiger partial charge is 0.477 e. The van der Waals surface area contributed by atoms with E-state index in [1.165, 1.54) is 18.9 Å². The van der Waals surface area contributed by atoms with Crippen molar-refractivity contribution in [3.8, 4) is 0 Å². The molecule has 2 amide bonds. The minimum atomic E-state index is -1.25. The van der Waals surface area contributed by atoms with Crippen LogP contribution < -0.4 is 5.32 Å². The van der Waals surface area contributed by atoms with Gasteiger partial charge in [0.05, 0.1) is 12.5 Å². The van der Waals surface area contributed by atoms with Crippen LogP contribution in [-0.2, 0) is 28.8 Å². The molecule has 2 N–H and O–H groups in total. The summed E-state index contributed by atoms with van der Waals surface area (Å²) < 4.78 is 4.97. The zero-order valence-corrected chi connectivity index (χ0v) is 15.4. The van der Waals surface area contributed by atoms with Gasteiger partial charge in [-0.25, -0.2) is 4.79 Å². The summed E-state index contributed by atoms with van der Waals surface area (Å²) in [6.45, 7) is 0.0804. The zero-order valence-electron chi connectivity index (χ0n) is 13.9. The SMILES string of the molecule is COCC1=C(C(=O)O)N2C(=O)C(NC(=O)C(=NOC)C(=O)CCl)[C@@H]2SC1. The summed E-state index contributed by atoms with van der Waals surface area (Å²) in [5.41, 5.74) is -0.240. The zero-order chi connectivity index (χ0) is 19.4. The molecule has 0 aromatic carbocycles. The van der Waals surface area contributed by atoms with E-state index in [1.807, 2.05) is 0 Å². The minimum absolute atomic E-state index is 0.0804. The van der Waals surface area contributed by atoms with Gasteiger partial charge in [0, 0.05) is 12.9 Å². The molecule has 2 heterocycles. The van der Waals surface area contributed by atoms with Crippen LogP contribution in [-0.4, -0.2) is 83.2 Å². The minimum Gasteiger partial charge on any atom is -0.477 e. The van der Waals surface area contributed by atoms with Crippen LogP contribution in [0.1, 0.15) is 0 Å². The number of fused-ring (bicyclic) bond motifs is 1. The third kappa shape index (κ3) is 3.69. The summed E-state index contributed by atoms with van der Waals surface area (Å²) in [5, 5.41) is 14.5. The molecule has 1 saturated heterocycles. The first-order chi connectivity index (χ1) is 12.4. The Bertz CT molecular complexity index is 709. The van der Waals surface area contributed by atoms with E-state index in [9.17, 15) is 24.3 Å². The van der Waals surface area contributed by atoms with Crippen LogP contribution in [0, 0.1) is 0 Å². The fraction of sp³-hybridized carbons (Fsp3) is 0.500. The molecule has 1 fully saturated rings. The molecule has 0 radical (unpaired) electrons. The smallest absolute Gasteiger partial charge is 0.352 e. The van der Waals surface area contributed by atoms with Crippen molar-refractivity contribution in [2.45, 2.75) is 11.4 Å². The molecule has 10 nitrogen and oxygen atoms in total. The second-order valence-electron chi connectivity index (χ2n) is 5.23. The lowest BCUT2D eigenvalue weighted by molar-refractivity contribution is -0.150. The van der Waals surface area contributed by atoms with Crippen molar-refractivity contribution in [1.82, 2.24) is 10.2 Å². The van der Waals surface area contributed by atoms with Gasteiger partial charge >= 0.3 is 5.97 Å². The molecular formula is C14H16ClN3O7S. The quantitative estimate of drug-likeness (QED) is 0.176. The second kappa shape index (κ2) is 8.52. The van der Waals surface area contributed by atoms with Gasteiger partial charge in [-0.05, 0) is 5.57 Å². The maximum absolute atomic E-state index is 12.4. The molecule has 2 aliphatic heterocycles. The van der Waals surface area contributed by atoms with Gasteiger partial charge in [0.25, 0.3) is 11.8 Å². The number of hydrogen-bond donors (Lipinski definition) is 2. The number of Topliss-reactive ketones (excluding diaryl/α,β-unsaturated/α-hetero) is 1. The molecule has 0 bridgehead atoms. The van der Waals surface area contributed by atoms with Gasteiger partial charge in [0.15, 0.2) is 0 Å². The topological polar surface area (TPSA) is 135 Å². The summed E-state index contributed by atoms with van der Waals surface area (Å²) in [6, 6.07) is -0.990. The number of alkyl halides is 1. The van der Waals surface area contributed by atoms with Gasteiger partial charge in [-0.2, -0.15) is 0 Å². The highest BCUT2D eigenvalue weighted by atomic mass is 35.5. The number of carboxylic acids is 1. The number of halogens is 1. The lowest BCUT2D eigenvalue weighted by Crippen LogP contribution is -2.71. The van der Waals surface area contributed by atoms with Gasteiger partial charge in [-0.3, -0.25) is 19.3 Å². The normalized spacial score (nSPS) is 22.5. The lowest BCUT2D eigenvalue weighted by Gasteiger charge is -2.49. The van der Waals surface area contributed by atoms with Crippen molar-refractivity contribution in [3.05, 3.63) is 11.3 Å². The summed E-state index contributed by atoms with van der Waals surface area (Å²) in [7, 11) is 2.58. The summed E-state index contributed by atoms with van der Waals surface area (Å²) in [5.74, 6) is -3.68. The predicted molar refractivity (Wildman–Crippen MR) is 91.7 cm³/mol. The Balaban J connectivity index is 2.18. The number of carbonyl (C=O) groups excluding carboxylic acids is 3. The van der Waals surface area contributed by atoms with Crippen molar-refractivity contribution < 1.29 is 33.9 Å². The highest BCUT2D eigenvalue weighted by Crippen LogP contribution is 2.40. The maximum Gasteiger partial charge on any atom is 0.352 e. The van der Waals surface area contributed by atoms with E-state index in [1.54, 1.807) is 0 Å². The van der Waals surface area contributed by atoms with Crippen molar-refractivity contribution in [2.75, 3.05) is 32.5 Å². The van der Waals surface area contributed by atoms with Crippen LogP contribution in [0.2, 0.25) is 0 Å². The Labute approximate surface area is 157 Å². The highest BCUT2D eigenvalue weighted by molar-refractivity contribution is 8.00. The number of hydrogen-bond acceptors (Lipinski definition) is 8. The molecule has 1 unspecified atom stereocenters. The lowest BCUT2D eigenvalue weighted by atomic mass is 10.0. The first kappa shape index (κ1) is 20.2. The number of aliphatic carboxylic acids is 1. The van der Waals surface area contributed by atoms with Crippen LogP contribution in [0.4, 0.5) is 0 Å². The monoisotopic (exact) mass is 405 g/mol. The van der Waals surface area contributed by atoms with E-state index in [0.29, 0.717) is 11.3 Å². The average molecular weight is 406 g/mol. The van der Waals surface area contributed by atoms with Gasteiger partial charge in [0.2, 0.25) is 11.5 Å². The number of rotatable bonds is 8. The van der Waals surface area contributed by atoms with E-state index < -0.39 is 46.6 Å². The first-order valence-electron chi connectivity index (χ1n) is 7.27. The van der Waals surface area contributed by atoms with Crippen LogP contribution >= 0.6 is 23.4 Å². The van der Waals surface area contributed by atoms with Gasteiger partial charge in [-0.1, -0.05) is 5.16 Å². The third-order valence-electron chi connectivity index (χ3n) is 3.64. The van der Waals surface area contributed by atoms with E-state index in [2.05, 4.69) is 15.3 Å². The molecule has 2 atom stereocenters. The van der Waals surface area contributed by atoms with Crippen LogP contribution in [0.5, 0.6) is 0 Å². The Hall–Kier alpha value is -2.11. The van der Waals surface area contributed by atoms with Crippen LogP contribution in [0.3, 0.4) is 0 Å². The third-order valence-corrected chi connectivity index (χ3v) is 5.22. The molecule has 0 aromatic heterocycles. The molecule has 2 aliphatic rings. The Morgan fingerprint density at radius 3 is 2.65 bits per heavy atom. The van der Waals surface area contributed by atoms with Crippen molar-refractivity contribution in [3.63, 3.8) is 0 Å². The number of β-lactam (4-membered cyclic amide) rings is 1. The molecule has 0 spiro atoms. The second-order valence-corrected chi connectivity index (χ2v) is 6.60. The molecule has 0 aromatic rings. The summed E-state index contributed by atoms with van der Waals surface area (Å²) in [6.07, 6.45) is 0. The van der Waals surface area contributed by atoms with Gasteiger partial charge in [0.1, 0.15) is 24.2 Å². The number of methoxy groups -OCH3 is 1. The molecule has 142 valence electrons. The number of carbonyl (C=O) groups is 4. The summed E-state index contributed by atoms with van der Waals surface area (Å²) >= 11 is 6.70. The number of nitrogens with one attached hydrogen (secondary N) is 1. The fourth-order valence-corrected chi connectivity index (χ4v) is 4.01. The number of ether oxygens (including phenoxy) is 1. The van der Waals surface area contributed by atoms with E-state index >= 15 is 0 Å². The van der Waals surface area contributed by atoms with Crippen LogP contribution in [0.15, 0.2) is 16.4 Å². The van der Waals surface area contributed by atoms with E-state index in [0.717, 1.165) is 12.0 Å². The predicted octanol–water partition coefficient (Wildman–Crippen LogP) is -0.818. The molecular weight excluding hydrogens is 390 g/mol. The molecule has 2 rings (SSSR count). The Morgan fingerprint density at radius 1 is 1.42 bits per heavy atom. The standard InChI is InChI=1S/C14H16ClN3O7S/c1-24-4-6-5-26-13-9(12(21)18(13)10(6)14(22)23)16-11(20)8(17-25-2)7(19)3-15/h9,13H,3-5H2,1-2H3,(H,16,20)(H,22,23)/t9?,13-/m0/s1. The number of ketones is 1. The van der Waals surface area contributed by atoms with Crippen molar-refractivity contribution in [2.24, 2.45) is 5.16 Å². The van der Waals surface area contributed by atoms with Crippen molar-refractivity contribution >= 4 is 52.6 Å². The summed E-state index contributed by atoms with van der Waals surface area (Å²) in [4.78, 5) is 53.3. The van der Waals surface area contributed by atoms with Crippen molar-refractivity contribution in [1.29, 1.82) is 0 Å². The Kier molecular flexibility index (Phi) is 6.62. The highest BCUT2D eigenvalue weighted by Gasteiger charge is 2.54. The number of nitrogens with zero attached hydrogens (tertiary/aromatic N) is 2. The fourth-order valence-electron chi connectivity index (χ4n) is 2.55. The number of amides is 2. The molecule has 26 heavy (non-hydrogen) atoms. The molecule has 0 aliphatic carbocycles. The number of carboxylic acid groups (broad SMARTS) is 1. The number of thioether (sulfide) groups is 1. The molecule has 0 saturated carbocycles. The van der Waals surface area contributed by atoms with Gasteiger partial charge < -0.3 is 20.0 Å². The maximum atomic E-state index is 12.4. The van der Waals surface area contributed by atoms with E-state index in [-0.39, 0.29) is 12.3 Å². The van der Waals surface area contributed by atoms with Crippen LogP contribution in [0.25, 0.3) is 0 Å². The Morgan fingerprint density at radius 2 is 2.12 bits per heavy atom. The van der Waals surface area contributed by atoms with E-state index in [4.69, 9.17) is 16.3 Å². The average Bonchev–Trinajstić information content (AvgIpc) is 2.62. The number of oxime groups is 1. The van der Waals surface area contributed by atoms with Gasteiger partial charge in [-0.15, -0.1) is 23.4 Å². The molecule has 12 heteroatoms. The first-order valence-corrected chi connectivity index (χ1v) is 8.85.